The molecule has 0 spiro atoms. The second-order valence-corrected chi connectivity index (χ2v) is 6.98. The molecule has 3 aromatic heterocycles. The normalized spacial score (nSPS) is 12.6. The number of fused-ring (bicyclic) bond motifs is 5. The van der Waals surface area contributed by atoms with Crippen LogP contribution in [-0.4, -0.2) is 24.8 Å². The first-order valence-corrected chi connectivity index (χ1v) is 8.63. The lowest BCUT2D eigenvalue weighted by Gasteiger charge is -2.09. The molecule has 0 aliphatic carbocycles. The van der Waals surface area contributed by atoms with Crippen LogP contribution in [0.2, 0.25) is 5.02 Å². The molecule has 0 N–H and O–H groups in total. The van der Waals surface area contributed by atoms with Gasteiger partial charge in [-0.1, -0.05) is 35.8 Å². The highest BCUT2D eigenvalue weighted by Crippen LogP contribution is 2.39. The molecule has 1 aliphatic rings. The highest BCUT2D eigenvalue weighted by Gasteiger charge is 2.28. The molecule has 0 radical (unpaired) electrons. The summed E-state index contributed by atoms with van der Waals surface area (Å²) in [4.78, 5) is 9.03. The summed E-state index contributed by atoms with van der Waals surface area (Å²) in [5.41, 5.74) is 4.36. The summed E-state index contributed by atoms with van der Waals surface area (Å²) in [6, 6.07) is 5.66. The van der Waals surface area contributed by atoms with Crippen LogP contribution in [0.15, 0.2) is 39.8 Å². The quantitative estimate of drug-likeness (QED) is 0.463. The van der Waals surface area contributed by atoms with Crippen molar-refractivity contribution in [2.24, 2.45) is 0 Å². The average Bonchev–Trinajstić information content (AvgIpc) is 3.33. The van der Waals surface area contributed by atoms with Crippen molar-refractivity contribution in [2.45, 2.75) is 26.2 Å². The van der Waals surface area contributed by atoms with Crippen molar-refractivity contribution in [3.05, 3.63) is 52.8 Å². The van der Waals surface area contributed by atoms with Crippen LogP contribution in [0.3, 0.4) is 0 Å². The molecule has 0 atom stereocenters. The van der Waals surface area contributed by atoms with Crippen LogP contribution < -0.4 is 0 Å². The number of hydrogen-bond acceptors (Lipinski definition) is 6. The van der Waals surface area contributed by atoms with E-state index in [1.165, 1.54) is 0 Å². The lowest BCUT2D eigenvalue weighted by Crippen LogP contribution is -1.99. The number of nitrogens with zero attached hydrogens (tertiary/aromatic N) is 5. The number of halogens is 1. The minimum atomic E-state index is 0.182. The van der Waals surface area contributed by atoms with Gasteiger partial charge in [-0.2, -0.15) is 4.98 Å². The molecular formula is C18H14ClN5O2. The molecular weight excluding hydrogens is 354 g/mol. The highest BCUT2D eigenvalue weighted by molar-refractivity contribution is 6.31. The number of hydrogen-bond donors (Lipinski definition) is 0. The largest absolute Gasteiger partial charge is 0.356 e. The van der Waals surface area contributed by atoms with Crippen LogP contribution in [0.4, 0.5) is 0 Å². The molecule has 1 aromatic carbocycles. The van der Waals surface area contributed by atoms with Gasteiger partial charge in [0.05, 0.1) is 17.6 Å². The van der Waals surface area contributed by atoms with E-state index in [0.717, 1.165) is 22.5 Å². The standard InChI is InChI=1S/C18H14ClN5O2/c1-9(2)17-22-18(26-23-17)15-14-5-10-7-21-25-16(10)12-6-11(19)3-4-13(12)24(14)8-20-15/h3-4,6-9H,5H2,1-2H3. The van der Waals surface area contributed by atoms with Crippen LogP contribution in [-0.2, 0) is 6.42 Å². The Morgan fingerprint density at radius 2 is 2.12 bits per heavy atom. The molecule has 0 amide bonds. The van der Waals surface area contributed by atoms with E-state index in [-0.39, 0.29) is 5.92 Å². The molecule has 4 aromatic rings. The number of imidazole rings is 1. The van der Waals surface area contributed by atoms with Gasteiger partial charge in [0.25, 0.3) is 5.89 Å². The van der Waals surface area contributed by atoms with Crippen LogP contribution >= 0.6 is 11.6 Å². The van der Waals surface area contributed by atoms with Crippen molar-refractivity contribution in [1.82, 2.24) is 24.8 Å². The number of aromatic nitrogens is 5. The van der Waals surface area contributed by atoms with Gasteiger partial charge >= 0.3 is 0 Å². The minimum absolute atomic E-state index is 0.182. The van der Waals surface area contributed by atoms with E-state index in [9.17, 15) is 0 Å². The van der Waals surface area contributed by atoms with Gasteiger partial charge in [0.2, 0.25) is 0 Å². The Morgan fingerprint density at radius 3 is 2.92 bits per heavy atom. The SMILES string of the molecule is CC(C)c1noc(-c2ncn3c2Cc2cnoc2-c2cc(Cl)ccc2-3)n1. The van der Waals surface area contributed by atoms with Crippen molar-refractivity contribution < 1.29 is 9.05 Å². The maximum atomic E-state index is 6.20. The van der Waals surface area contributed by atoms with Gasteiger partial charge in [-0.25, -0.2) is 4.98 Å². The zero-order valence-corrected chi connectivity index (χ0v) is 14.9. The Morgan fingerprint density at radius 1 is 1.23 bits per heavy atom. The molecule has 8 heteroatoms. The lowest BCUT2D eigenvalue weighted by molar-refractivity contribution is 0.418. The third-order valence-electron chi connectivity index (χ3n) is 4.49. The highest BCUT2D eigenvalue weighted by atomic mass is 35.5. The molecule has 0 saturated carbocycles. The van der Waals surface area contributed by atoms with E-state index < -0.39 is 0 Å². The monoisotopic (exact) mass is 367 g/mol. The van der Waals surface area contributed by atoms with Crippen molar-refractivity contribution in [3.63, 3.8) is 0 Å². The zero-order chi connectivity index (χ0) is 17.8. The second-order valence-electron chi connectivity index (χ2n) is 6.54. The van der Waals surface area contributed by atoms with Gasteiger partial charge in [-0.3, -0.25) is 0 Å². The van der Waals surface area contributed by atoms with Gasteiger partial charge in [0.15, 0.2) is 17.3 Å². The third-order valence-corrected chi connectivity index (χ3v) is 4.73. The maximum absolute atomic E-state index is 6.20. The summed E-state index contributed by atoms with van der Waals surface area (Å²) in [6.45, 7) is 4.04. The Bertz CT molecular complexity index is 1120. The number of rotatable bonds is 2. The first-order valence-electron chi connectivity index (χ1n) is 8.26. The van der Waals surface area contributed by atoms with E-state index in [1.807, 2.05) is 36.6 Å². The first-order chi connectivity index (χ1) is 12.6. The molecule has 4 heterocycles. The fourth-order valence-electron chi connectivity index (χ4n) is 3.18. The van der Waals surface area contributed by atoms with E-state index in [2.05, 4.69) is 20.3 Å². The smallest absolute Gasteiger partial charge is 0.278 e. The molecule has 0 unspecified atom stereocenters. The molecule has 0 fully saturated rings. The predicted molar refractivity (Wildman–Crippen MR) is 94.3 cm³/mol. The van der Waals surface area contributed by atoms with Gasteiger partial charge < -0.3 is 13.6 Å². The minimum Gasteiger partial charge on any atom is -0.356 e. The fourth-order valence-corrected chi connectivity index (χ4v) is 3.36. The van der Waals surface area contributed by atoms with Crippen LogP contribution in [0.1, 0.15) is 36.8 Å². The van der Waals surface area contributed by atoms with Gasteiger partial charge in [-0.05, 0) is 18.2 Å². The third kappa shape index (κ3) is 2.20. The van der Waals surface area contributed by atoms with E-state index >= 15 is 0 Å². The number of benzene rings is 1. The molecule has 7 nitrogen and oxygen atoms in total. The molecule has 0 bridgehead atoms. The van der Waals surface area contributed by atoms with Gasteiger partial charge in [-0.15, -0.1) is 0 Å². The molecule has 130 valence electrons. The Hall–Kier alpha value is -2.93. The van der Waals surface area contributed by atoms with E-state index in [4.69, 9.17) is 20.6 Å². The second kappa shape index (κ2) is 5.54. The predicted octanol–water partition coefficient (Wildman–Crippen LogP) is 4.26. The first kappa shape index (κ1) is 15.3. The van der Waals surface area contributed by atoms with Crippen LogP contribution in [0, 0.1) is 0 Å². The van der Waals surface area contributed by atoms with Crippen molar-refractivity contribution >= 4 is 11.6 Å². The summed E-state index contributed by atoms with van der Waals surface area (Å²) < 4.78 is 13.0. The van der Waals surface area contributed by atoms with Crippen LogP contribution in [0.5, 0.6) is 0 Å². The Kier molecular flexibility index (Phi) is 3.27. The van der Waals surface area contributed by atoms with Crippen molar-refractivity contribution in [1.29, 1.82) is 0 Å². The lowest BCUT2D eigenvalue weighted by atomic mass is 10.1. The molecule has 26 heavy (non-hydrogen) atoms. The molecule has 0 saturated heterocycles. The summed E-state index contributed by atoms with van der Waals surface area (Å²) in [6.07, 6.45) is 4.07. The van der Waals surface area contributed by atoms with Crippen LogP contribution in [0.25, 0.3) is 28.6 Å². The summed E-state index contributed by atoms with van der Waals surface area (Å²) in [5.74, 6) is 1.97. The van der Waals surface area contributed by atoms with Crippen molar-refractivity contribution in [3.8, 4) is 28.6 Å². The Labute approximate surface area is 153 Å². The van der Waals surface area contributed by atoms with Crippen molar-refractivity contribution in [2.75, 3.05) is 0 Å². The van der Waals surface area contributed by atoms with Gasteiger partial charge in [0, 0.05) is 28.5 Å². The topological polar surface area (TPSA) is 82.8 Å². The summed E-state index contributed by atoms with van der Waals surface area (Å²) in [5, 5.41) is 8.65. The summed E-state index contributed by atoms with van der Waals surface area (Å²) >= 11 is 6.20. The maximum Gasteiger partial charge on any atom is 0.278 e. The zero-order valence-electron chi connectivity index (χ0n) is 14.1. The van der Waals surface area contributed by atoms with E-state index in [0.29, 0.717) is 34.6 Å². The molecule has 1 aliphatic heterocycles. The molecule has 5 rings (SSSR count). The van der Waals surface area contributed by atoms with E-state index in [1.54, 1.807) is 12.5 Å². The van der Waals surface area contributed by atoms with Gasteiger partial charge in [0.1, 0.15) is 6.33 Å². The Balaban J connectivity index is 1.74. The summed E-state index contributed by atoms with van der Waals surface area (Å²) in [7, 11) is 0. The fraction of sp³-hybridized carbons (Fsp3) is 0.222. The average molecular weight is 368 g/mol.